The Hall–Kier alpha value is -0.880. The van der Waals surface area contributed by atoms with Gasteiger partial charge in [0.05, 0.1) is 10.6 Å². The molecule has 2 saturated heterocycles. The van der Waals surface area contributed by atoms with Crippen molar-refractivity contribution in [3.8, 4) is 0 Å². The molecule has 1 N–H and O–H groups in total. The molecule has 19 heavy (non-hydrogen) atoms. The van der Waals surface area contributed by atoms with Crippen LogP contribution in [0.3, 0.4) is 0 Å². The number of rotatable bonds is 2. The zero-order valence-electron chi connectivity index (χ0n) is 11.1. The van der Waals surface area contributed by atoms with Crippen molar-refractivity contribution < 1.29 is 4.74 Å². The van der Waals surface area contributed by atoms with Crippen LogP contribution < -0.4 is 10.2 Å². The molecule has 0 amide bonds. The Balaban J connectivity index is 1.75. The molecule has 6 heteroatoms. The van der Waals surface area contributed by atoms with Crippen molar-refractivity contribution in [1.82, 2.24) is 9.97 Å². The number of hydrogen-bond donors (Lipinski definition) is 1. The van der Waals surface area contributed by atoms with Gasteiger partial charge in [0, 0.05) is 38.9 Å². The Morgan fingerprint density at radius 1 is 1.47 bits per heavy atom. The first kappa shape index (κ1) is 13.1. The molecule has 2 aliphatic rings. The van der Waals surface area contributed by atoms with Crippen LogP contribution in [0.25, 0.3) is 0 Å². The van der Waals surface area contributed by atoms with Gasteiger partial charge in [-0.25, -0.2) is 4.98 Å². The molecule has 0 saturated carbocycles. The second kappa shape index (κ2) is 5.63. The van der Waals surface area contributed by atoms with Crippen molar-refractivity contribution in [2.45, 2.75) is 25.4 Å². The lowest BCUT2D eigenvalue weighted by Gasteiger charge is -2.41. The van der Waals surface area contributed by atoms with Crippen LogP contribution in [0.5, 0.6) is 0 Å². The van der Waals surface area contributed by atoms with Crippen molar-refractivity contribution in [1.29, 1.82) is 0 Å². The maximum absolute atomic E-state index is 5.84. The Morgan fingerprint density at radius 3 is 3.21 bits per heavy atom. The van der Waals surface area contributed by atoms with Gasteiger partial charge in [-0.2, -0.15) is 4.98 Å². The Bertz CT molecular complexity index is 456. The predicted octanol–water partition coefficient (Wildman–Crippen LogP) is 2.29. The van der Waals surface area contributed by atoms with E-state index in [0.717, 1.165) is 42.4 Å². The summed E-state index contributed by atoms with van der Waals surface area (Å²) in [7, 11) is 1.87. The van der Waals surface area contributed by atoms with Crippen molar-refractivity contribution in [2.24, 2.45) is 5.92 Å². The predicted molar refractivity (Wildman–Crippen MR) is 78.6 cm³/mol. The third-order valence-electron chi connectivity index (χ3n) is 3.97. The van der Waals surface area contributed by atoms with Crippen LogP contribution >= 0.6 is 15.9 Å². The molecule has 5 nitrogen and oxygen atoms in total. The van der Waals surface area contributed by atoms with Crippen LogP contribution in [0.2, 0.25) is 0 Å². The van der Waals surface area contributed by atoms with Gasteiger partial charge in [0.2, 0.25) is 5.95 Å². The Kier molecular flexibility index (Phi) is 3.88. The summed E-state index contributed by atoms with van der Waals surface area (Å²) in [6.07, 6.45) is 5.79. The fraction of sp³-hybridized carbons (Fsp3) is 0.692. The summed E-state index contributed by atoms with van der Waals surface area (Å²) in [6, 6.07) is 0. The molecular formula is C13H19BrN4O. The van der Waals surface area contributed by atoms with E-state index >= 15 is 0 Å². The fourth-order valence-corrected chi connectivity index (χ4v) is 3.34. The average Bonchev–Trinajstić information content (AvgIpc) is 2.47. The van der Waals surface area contributed by atoms with Gasteiger partial charge in [0.25, 0.3) is 0 Å². The lowest BCUT2D eigenvalue weighted by atomic mass is 9.89. The van der Waals surface area contributed by atoms with E-state index in [1.54, 1.807) is 0 Å². The molecule has 0 unspecified atom stereocenters. The van der Waals surface area contributed by atoms with Crippen molar-refractivity contribution >= 4 is 27.7 Å². The minimum Gasteiger partial charge on any atom is -0.378 e. The van der Waals surface area contributed by atoms with Crippen LogP contribution in [0.1, 0.15) is 19.3 Å². The van der Waals surface area contributed by atoms with Crippen molar-refractivity contribution in [3.05, 3.63) is 10.7 Å². The van der Waals surface area contributed by atoms with E-state index in [9.17, 15) is 0 Å². The van der Waals surface area contributed by atoms with Crippen molar-refractivity contribution in [3.63, 3.8) is 0 Å². The number of nitrogens with one attached hydrogen (secondary N) is 1. The number of piperidine rings is 1. The summed E-state index contributed by atoms with van der Waals surface area (Å²) in [4.78, 5) is 11.3. The molecule has 1 aromatic heterocycles. The number of ether oxygens (including phenoxy) is 1. The molecule has 104 valence electrons. The lowest BCUT2D eigenvalue weighted by molar-refractivity contribution is -0.0359. The zero-order valence-corrected chi connectivity index (χ0v) is 12.7. The van der Waals surface area contributed by atoms with Gasteiger partial charge in [-0.1, -0.05) is 0 Å². The van der Waals surface area contributed by atoms with E-state index in [4.69, 9.17) is 4.74 Å². The molecular weight excluding hydrogens is 308 g/mol. The third-order valence-corrected chi connectivity index (χ3v) is 4.55. The van der Waals surface area contributed by atoms with E-state index < -0.39 is 0 Å². The first-order valence-electron chi connectivity index (χ1n) is 6.85. The number of aromatic nitrogens is 2. The van der Waals surface area contributed by atoms with Gasteiger partial charge >= 0.3 is 0 Å². The molecule has 0 aromatic carbocycles. The summed E-state index contributed by atoms with van der Waals surface area (Å²) in [6.45, 7) is 2.92. The first-order valence-corrected chi connectivity index (χ1v) is 7.64. The minimum atomic E-state index is 0.448. The molecule has 2 fully saturated rings. The maximum atomic E-state index is 5.84. The Morgan fingerprint density at radius 2 is 2.37 bits per heavy atom. The van der Waals surface area contributed by atoms with E-state index in [1.807, 2.05) is 13.2 Å². The highest BCUT2D eigenvalue weighted by Gasteiger charge is 2.33. The number of fused-ring (bicyclic) bond motifs is 1. The fourth-order valence-electron chi connectivity index (χ4n) is 2.95. The molecule has 0 radical (unpaired) electrons. The topological polar surface area (TPSA) is 50.3 Å². The molecule has 0 spiro atoms. The molecule has 1 aromatic rings. The Labute approximate surface area is 121 Å². The monoisotopic (exact) mass is 326 g/mol. The van der Waals surface area contributed by atoms with Crippen LogP contribution in [0, 0.1) is 5.92 Å². The van der Waals surface area contributed by atoms with Gasteiger partial charge in [-0.15, -0.1) is 0 Å². The maximum Gasteiger partial charge on any atom is 0.227 e. The molecule has 0 aliphatic carbocycles. The second-order valence-electron chi connectivity index (χ2n) is 5.16. The minimum absolute atomic E-state index is 0.448. The highest BCUT2D eigenvalue weighted by Crippen LogP contribution is 2.30. The summed E-state index contributed by atoms with van der Waals surface area (Å²) >= 11 is 3.44. The van der Waals surface area contributed by atoms with Crippen LogP contribution in [-0.2, 0) is 4.74 Å². The smallest absolute Gasteiger partial charge is 0.227 e. The lowest BCUT2D eigenvalue weighted by Crippen LogP contribution is -2.46. The van der Waals surface area contributed by atoms with Gasteiger partial charge in [-0.3, -0.25) is 0 Å². The highest BCUT2D eigenvalue weighted by molar-refractivity contribution is 9.10. The highest BCUT2D eigenvalue weighted by atomic mass is 79.9. The summed E-state index contributed by atoms with van der Waals surface area (Å²) in [5, 5.41) is 3.08. The number of halogens is 1. The zero-order chi connectivity index (χ0) is 13.2. The van der Waals surface area contributed by atoms with Crippen LogP contribution in [0.4, 0.5) is 11.8 Å². The van der Waals surface area contributed by atoms with Gasteiger partial charge < -0.3 is 15.0 Å². The van der Waals surface area contributed by atoms with Crippen LogP contribution in [0.15, 0.2) is 10.7 Å². The number of anilines is 2. The number of hydrogen-bond acceptors (Lipinski definition) is 5. The normalized spacial score (nSPS) is 26.9. The average molecular weight is 327 g/mol. The molecule has 3 heterocycles. The quantitative estimate of drug-likeness (QED) is 0.903. The standard InChI is InChI=1S/C13H19BrN4O/c1-15-12-10(14)7-16-13(17-12)18-5-4-11-9(8-18)3-2-6-19-11/h7,9,11H,2-6,8H2,1H3,(H,15,16,17)/t9-,11+/m0/s1. The van der Waals surface area contributed by atoms with Gasteiger partial charge in [-0.05, 0) is 35.2 Å². The van der Waals surface area contributed by atoms with E-state index in [-0.39, 0.29) is 0 Å². The van der Waals surface area contributed by atoms with Crippen molar-refractivity contribution in [2.75, 3.05) is 37.0 Å². The SMILES string of the molecule is CNc1nc(N2CC[C@H]3OCCC[C@H]3C2)ncc1Br. The first-order chi connectivity index (χ1) is 9.28. The van der Waals surface area contributed by atoms with E-state index in [2.05, 4.69) is 36.1 Å². The molecule has 2 atom stereocenters. The summed E-state index contributed by atoms with van der Waals surface area (Å²) < 4.78 is 6.74. The third kappa shape index (κ3) is 2.69. The van der Waals surface area contributed by atoms with Crippen LogP contribution in [-0.4, -0.2) is 42.8 Å². The van der Waals surface area contributed by atoms with E-state index in [0.29, 0.717) is 12.0 Å². The largest absolute Gasteiger partial charge is 0.378 e. The molecule has 2 aliphatic heterocycles. The second-order valence-corrected chi connectivity index (χ2v) is 6.02. The summed E-state index contributed by atoms with van der Waals surface area (Å²) in [5.41, 5.74) is 0. The van der Waals surface area contributed by atoms with Gasteiger partial charge in [0.1, 0.15) is 5.82 Å². The molecule has 0 bridgehead atoms. The summed E-state index contributed by atoms with van der Waals surface area (Å²) in [5.74, 6) is 2.29. The van der Waals surface area contributed by atoms with Gasteiger partial charge in [0.15, 0.2) is 0 Å². The molecule has 3 rings (SSSR count). The van der Waals surface area contributed by atoms with E-state index in [1.165, 1.54) is 12.8 Å². The number of nitrogens with zero attached hydrogens (tertiary/aromatic N) is 3.